The molecule has 0 aliphatic carbocycles. The minimum absolute atomic E-state index is 0.0451. The first kappa shape index (κ1) is 22.1. The summed E-state index contributed by atoms with van der Waals surface area (Å²) >= 11 is 2.78. The molecule has 0 aliphatic heterocycles. The average Bonchev–Trinajstić information content (AvgIpc) is 3.08. The summed E-state index contributed by atoms with van der Waals surface area (Å²) in [6, 6.07) is 16.7. The number of hydrogen-bond acceptors (Lipinski definition) is 6. The number of carbonyl (C=O) groups is 1. The number of anilines is 1. The normalized spacial score (nSPS) is 11.0. The second kappa shape index (κ2) is 9.58. The molecule has 164 valence electrons. The Morgan fingerprint density at radius 1 is 1.09 bits per heavy atom. The molecular weight excluding hydrogens is 442 g/mol. The van der Waals surface area contributed by atoms with E-state index in [0.29, 0.717) is 28.5 Å². The third-order valence-electron chi connectivity index (χ3n) is 5.02. The van der Waals surface area contributed by atoms with Crippen molar-refractivity contribution in [2.75, 3.05) is 11.1 Å². The lowest BCUT2D eigenvalue weighted by Crippen LogP contribution is -2.23. The molecule has 0 fully saturated rings. The molecule has 0 saturated carbocycles. The number of carbonyl (C=O) groups excluding carboxylic acids is 1. The molecule has 1 N–H and O–H groups in total. The van der Waals surface area contributed by atoms with Crippen LogP contribution in [0.2, 0.25) is 0 Å². The van der Waals surface area contributed by atoms with E-state index >= 15 is 0 Å². The van der Waals surface area contributed by atoms with Crippen LogP contribution in [0, 0.1) is 13.8 Å². The number of thioether (sulfide) groups is 1. The van der Waals surface area contributed by atoms with Crippen LogP contribution in [-0.4, -0.2) is 21.2 Å². The number of amides is 1. The molecule has 6 nitrogen and oxygen atoms in total. The predicted molar refractivity (Wildman–Crippen MR) is 131 cm³/mol. The van der Waals surface area contributed by atoms with E-state index in [-0.39, 0.29) is 17.2 Å². The van der Waals surface area contributed by atoms with Gasteiger partial charge < -0.3 is 10.1 Å². The third kappa shape index (κ3) is 4.71. The van der Waals surface area contributed by atoms with E-state index in [9.17, 15) is 9.59 Å². The minimum atomic E-state index is -0.165. The molecule has 2 aromatic carbocycles. The van der Waals surface area contributed by atoms with Crippen molar-refractivity contribution in [3.05, 3.63) is 75.4 Å². The number of aryl methyl sites for hydroxylation is 2. The lowest BCUT2D eigenvalue weighted by molar-refractivity contribution is -0.113. The summed E-state index contributed by atoms with van der Waals surface area (Å²) in [5.74, 6) is 1.43. The number of ether oxygens (including phenoxy) is 1. The summed E-state index contributed by atoms with van der Waals surface area (Å²) in [7, 11) is 0. The Bertz CT molecular complexity index is 1310. The van der Waals surface area contributed by atoms with E-state index in [1.165, 1.54) is 23.1 Å². The highest BCUT2D eigenvalue weighted by atomic mass is 32.2. The van der Waals surface area contributed by atoms with Crippen LogP contribution < -0.4 is 15.6 Å². The molecule has 0 bridgehead atoms. The fourth-order valence-corrected chi connectivity index (χ4v) is 5.19. The minimum Gasteiger partial charge on any atom is -0.457 e. The summed E-state index contributed by atoms with van der Waals surface area (Å²) in [4.78, 5) is 31.9. The summed E-state index contributed by atoms with van der Waals surface area (Å²) < 4.78 is 7.40. The summed E-state index contributed by atoms with van der Waals surface area (Å²) in [6.45, 7) is 6.36. The summed E-state index contributed by atoms with van der Waals surface area (Å²) in [5, 5.41) is 4.12. The van der Waals surface area contributed by atoms with Gasteiger partial charge in [-0.05, 0) is 62.7 Å². The number of thiophene rings is 1. The van der Waals surface area contributed by atoms with Crippen LogP contribution in [0.5, 0.6) is 11.5 Å². The van der Waals surface area contributed by atoms with Crippen molar-refractivity contribution in [3.8, 4) is 11.5 Å². The molecule has 2 heterocycles. The fraction of sp³-hybridized carbons (Fsp3) is 0.208. The molecule has 4 rings (SSSR count). The van der Waals surface area contributed by atoms with E-state index in [1.54, 1.807) is 28.8 Å². The Morgan fingerprint density at radius 3 is 2.47 bits per heavy atom. The summed E-state index contributed by atoms with van der Waals surface area (Å²) in [5.41, 5.74) is 1.62. The zero-order chi connectivity index (χ0) is 22.7. The van der Waals surface area contributed by atoms with Crippen molar-refractivity contribution in [3.63, 3.8) is 0 Å². The van der Waals surface area contributed by atoms with Gasteiger partial charge in [0.25, 0.3) is 5.56 Å². The number of rotatable bonds is 7. The largest absolute Gasteiger partial charge is 0.457 e. The van der Waals surface area contributed by atoms with E-state index in [1.807, 2.05) is 51.1 Å². The zero-order valence-corrected chi connectivity index (χ0v) is 19.7. The van der Waals surface area contributed by atoms with Gasteiger partial charge in [-0.25, -0.2) is 4.98 Å². The number of benzene rings is 2. The maximum atomic E-state index is 12.9. The molecule has 0 aliphatic rings. The number of nitrogens with zero attached hydrogens (tertiary/aromatic N) is 2. The first-order valence-electron chi connectivity index (χ1n) is 10.2. The van der Waals surface area contributed by atoms with E-state index in [0.717, 1.165) is 21.0 Å². The van der Waals surface area contributed by atoms with Gasteiger partial charge in [0.15, 0.2) is 5.16 Å². The maximum absolute atomic E-state index is 12.9. The number of hydrogen-bond donors (Lipinski definition) is 1. The predicted octanol–water partition coefficient (Wildman–Crippen LogP) is 5.62. The second-order valence-corrected chi connectivity index (χ2v) is 9.33. The molecule has 32 heavy (non-hydrogen) atoms. The second-order valence-electron chi connectivity index (χ2n) is 7.18. The Labute approximate surface area is 194 Å². The van der Waals surface area contributed by atoms with Crippen LogP contribution in [0.25, 0.3) is 10.2 Å². The highest BCUT2D eigenvalue weighted by molar-refractivity contribution is 7.99. The first-order valence-corrected chi connectivity index (χ1v) is 12.0. The molecule has 0 unspecified atom stereocenters. The van der Waals surface area contributed by atoms with Crippen LogP contribution in [0.1, 0.15) is 17.4 Å². The van der Waals surface area contributed by atoms with E-state index in [2.05, 4.69) is 10.3 Å². The van der Waals surface area contributed by atoms with Crippen LogP contribution in [0.4, 0.5) is 5.69 Å². The molecule has 8 heteroatoms. The van der Waals surface area contributed by atoms with Crippen molar-refractivity contribution < 1.29 is 9.53 Å². The Hall–Kier alpha value is -3.10. The Morgan fingerprint density at radius 2 is 1.78 bits per heavy atom. The maximum Gasteiger partial charge on any atom is 0.263 e. The molecule has 1 amide bonds. The third-order valence-corrected chi connectivity index (χ3v) is 7.10. The smallest absolute Gasteiger partial charge is 0.263 e. The molecule has 4 aromatic rings. The quantitative estimate of drug-likeness (QED) is 0.283. The van der Waals surface area contributed by atoms with Crippen LogP contribution >= 0.6 is 23.1 Å². The fourth-order valence-electron chi connectivity index (χ4n) is 3.26. The lowest BCUT2D eigenvalue weighted by Gasteiger charge is -2.11. The van der Waals surface area contributed by atoms with E-state index < -0.39 is 0 Å². The molecular formula is C24H23N3O3S2. The molecule has 0 saturated heterocycles. The van der Waals surface area contributed by atoms with Crippen molar-refractivity contribution in [1.82, 2.24) is 9.55 Å². The Balaban J connectivity index is 1.42. The van der Waals surface area contributed by atoms with Gasteiger partial charge in [0.2, 0.25) is 5.91 Å². The monoisotopic (exact) mass is 465 g/mol. The lowest BCUT2D eigenvalue weighted by atomic mass is 10.2. The van der Waals surface area contributed by atoms with Gasteiger partial charge in [-0.2, -0.15) is 0 Å². The van der Waals surface area contributed by atoms with Gasteiger partial charge in [-0.3, -0.25) is 14.2 Å². The van der Waals surface area contributed by atoms with Crippen molar-refractivity contribution in [2.45, 2.75) is 32.5 Å². The van der Waals surface area contributed by atoms with Gasteiger partial charge in [0.05, 0.1) is 11.1 Å². The van der Waals surface area contributed by atoms with Gasteiger partial charge in [0, 0.05) is 17.1 Å². The number of nitrogens with one attached hydrogen (secondary N) is 1. The topological polar surface area (TPSA) is 73.2 Å². The van der Waals surface area contributed by atoms with Gasteiger partial charge in [-0.15, -0.1) is 11.3 Å². The van der Waals surface area contributed by atoms with Crippen molar-refractivity contribution in [1.29, 1.82) is 0 Å². The summed E-state index contributed by atoms with van der Waals surface area (Å²) in [6.07, 6.45) is 0. The van der Waals surface area contributed by atoms with E-state index in [4.69, 9.17) is 4.74 Å². The SMILES string of the molecule is CCn1c(SCC(=O)Nc2ccc(Oc3ccccc3)cc2)nc2sc(C)c(C)c2c1=O. The van der Waals surface area contributed by atoms with Gasteiger partial charge >= 0.3 is 0 Å². The van der Waals surface area contributed by atoms with Crippen molar-refractivity contribution in [2.24, 2.45) is 0 Å². The van der Waals surface area contributed by atoms with Crippen LogP contribution in [-0.2, 0) is 11.3 Å². The molecule has 0 spiro atoms. The highest BCUT2D eigenvalue weighted by Gasteiger charge is 2.17. The highest BCUT2D eigenvalue weighted by Crippen LogP contribution is 2.28. The van der Waals surface area contributed by atoms with Crippen molar-refractivity contribution >= 4 is 44.9 Å². The van der Waals surface area contributed by atoms with Gasteiger partial charge in [0.1, 0.15) is 16.3 Å². The zero-order valence-electron chi connectivity index (χ0n) is 18.0. The molecule has 2 aromatic heterocycles. The molecule has 0 radical (unpaired) electrons. The van der Waals surface area contributed by atoms with Gasteiger partial charge in [-0.1, -0.05) is 30.0 Å². The van der Waals surface area contributed by atoms with Crippen LogP contribution in [0.3, 0.4) is 0 Å². The average molecular weight is 466 g/mol. The Kier molecular flexibility index (Phi) is 6.62. The van der Waals surface area contributed by atoms with Crippen LogP contribution in [0.15, 0.2) is 64.5 Å². The standard InChI is InChI=1S/C24H23N3O3S2/c1-4-27-23(29)21-15(2)16(3)32-22(21)26-24(27)31-14-20(28)25-17-10-12-19(13-11-17)30-18-8-6-5-7-9-18/h5-13H,4,14H2,1-3H3,(H,25,28). The first-order chi connectivity index (χ1) is 15.5. The number of fused-ring (bicyclic) bond motifs is 1. The number of para-hydroxylation sites is 1. The number of aromatic nitrogens is 2. The molecule has 0 atom stereocenters.